The molecule has 1 saturated carbocycles. The van der Waals surface area contributed by atoms with Gasteiger partial charge >= 0.3 is 0 Å². The summed E-state index contributed by atoms with van der Waals surface area (Å²) >= 11 is 0. The van der Waals surface area contributed by atoms with Gasteiger partial charge in [-0.2, -0.15) is 0 Å². The molecule has 8 rings (SSSR count). The summed E-state index contributed by atoms with van der Waals surface area (Å²) in [6.45, 7) is 5.29. The molecule has 0 saturated heterocycles. The molecular weight excluding hydrogens is 509 g/mol. The van der Waals surface area contributed by atoms with Crippen molar-refractivity contribution in [2.75, 3.05) is 0 Å². The molecule has 200 valence electrons. The van der Waals surface area contributed by atoms with Crippen molar-refractivity contribution in [2.45, 2.75) is 50.0 Å². The van der Waals surface area contributed by atoms with Crippen molar-refractivity contribution >= 4 is 45.2 Å². The van der Waals surface area contributed by atoms with Crippen molar-refractivity contribution in [1.29, 1.82) is 0 Å². The van der Waals surface area contributed by atoms with E-state index in [-0.39, 0.29) is 10.5 Å². The van der Waals surface area contributed by atoms with E-state index < -0.39 is 8.07 Å². The lowest BCUT2D eigenvalue weighted by Crippen LogP contribution is -2.72. The minimum Gasteiger partial charge on any atom is -0.0624 e. The molecule has 2 atom stereocenters. The lowest BCUT2D eigenvalue weighted by Gasteiger charge is -2.54. The highest BCUT2D eigenvalue weighted by Crippen LogP contribution is 2.65. The maximum Gasteiger partial charge on any atom is 0.155 e. The molecule has 2 aliphatic rings. The van der Waals surface area contributed by atoms with Gasteiger partial charge < -0.3 is 0 Å². The molecule has 1 heteroatoms. The van der Waals surface area contributed by atoms with Gasteiger partial charge in [-0.25, -0.2) is 0 Å². The second kappa shape index (κ2) is 9.03. The third-order valence-corrected chi connectivity index (χ3v) is 17.2. The number of hydrogen-bond donors (Lipinski definition) is 0. The molecule has 0 nitrogen and oxygen atoms in total. The Morgan fingerprint density at radius 3 is 1.68 bits per heavy atom. The first-order valence-electron chi connectivity index (χ1n) is 15.2. The number of rotatable bonds is 3. The van der Waals surface area contributed by atoms with Crippen LogP contribution >= 0.6 is 0 Å². The van der Waals surface area contributed by atoms with Crippen molar-refractivity contribution in [2.24, 2.45) is 0 Å². The summed E-state index contributed by atoms with van der Waals surface area (Å²) in [6, 6.07) is 51.1. The van der Waals surface area contributed by atoms with Gasteiger partial charge in [0.15, 0.2) is 8.07 Å². The van der Waals surface area contributed by atoms with Crippen LogP contribution < -0.4 is 15.6 Å². The summed E-state index contributed by atoms with van der Waals surface area (Å²) in [6.07, 6.45) is 5.15. The number of hydrogen-bond acceptors (Lipinski definition) is 0. The van der Waals surface area contributed by atoms with E-state index in [1.165, 1.54) is 58.4 Å². The van der Waals surface area contributed by atoms with Gasteiger partial charge in [0.25, 0.3) is 0 Å². The van der Waals surface area contributed by atoms with E-state index in [4.69, 9.17) is 0 Å². The molecule has 6 aromatic rings. The Hall–Kier alpha value is -3.94. The average Bonchev–Trinajstić information content (AvgIpc) is 3.21. The molecule has 0 bridgehead atoms. The van der Waals surface area contributed by atoms with Crippen LogP contribution in [0.3, 0.4) is 0 Å². The highest BCUT2D eigenvalue weighted by atomic mass is 28.3. The SMILES string of the molecule is CC12CCCCC1(C)[Si](c1ccccc1)(c1ccccc1)c1ccc(-c3c4ccccc4cc4ccccc34)cc12. The smallest absolute Gasteiger partial charge is 0.0624 e. The zero-order valence-corrected chi connectivity index (χ0v) is 25.0. The molecule has 41 heavy (non-hydrogen) atoms. The predicted octanol–water partition coefficient (Wildman–Crippen LogP) is 8.74. The first-order chi connectivity index (χ1) is 20.1. The molecule has 0 amide bonds. The molecule has 0 spiro atoms. The van der Waals surface area contributed by atoms with Crippen LogP contribution in [0.2, 0.25) is 5.04 Å². The van der Waals surface area contributed by atoms with Crippen molar-refractivity contribution < 1.29 is 0 Å². The van der Waals surface area contributed by atoms with Crippen molar-refractivity contribution in [3.8, 4) is 11.1 Å². The molecule has 6 aromatic carbocycles. The van der Waals surface area contributed by atoms with Crippen LogP contribution in [0.5, 0.6) is 0 Å². The van der Waals surface area contributed by atoms with E-state index in [1.54, 1.807) is 21.1 Å². The van der Waals surface area contributed by atoms with E-state index in [2.05, 4.69) is 147 Å². The Balaban J connectivity index is 1.49. The van der Waals surface area contributed by atoms with Crippen LogP contribution in [0, 0.1) is 0 Å². The normalized spacial score (nSPS) is 22.9. The van der Waals surface area contributed by atoms with Crippen LogP contribution in [0.15, 0.2) is 133 Å². The standard InChI is InChI=1S/C40H36Si/c1-39-25-13-14-26-40(39,2)41(32-17-5-3-6-18-32,33-19-7-4-8-20-33)37-24-23-31(28-36(37)39)38-34-21-11-9-15-29(34)27-30-16-10-12-22-35(30)38/h3-12,15-24,27-28H,13-14,25-26H2,1-2H3. The van der Waals surface area contributed by atoms with Crippen molar-refractivity contribution in [1.82, 2.24) is 0 Å². The first-order valence-corrected chi connectivity index (χ1v) is 17.2. The Kier molecular flexibility index (Phi) is 5.47. The molecule has 0 aromatic heterocycles. The quantitative estimate of drug-likeness (QED) is 0.154. The summed E-state index contributed by atoms with van der Waals surface area (Å²) < 4.78 is 0. The minimum atomic E-state index is -2.40. The summed E-state index contributed by atoms with van der Waals surface area (Å²) in [5.41, 5.74) is 4.46. The van der Waals surface area contributed by atoms with Gasteiger partial charge in [0.1, 0.15) is 0 Å². The van der Waals surface area contributed by atoms with Crippen LogP contribution in [-0.2, 0) is 5.41 Å². The van der Waals surface area contributed by atoms with Crippen LogP contribution in [0.4, 0.5) is 0 Å². The fourth-order valence-corrected chi connectivity index (χ4v) is 16.1. The van der Waals surface area contributed by atoms with E-state index in [9.17, 15) is 0 Å². The fourth-order valence-electron chi connectivity index (χ4n) is 9.14. The fraction of sp³-hybridized carbons (Fsp3) is 0.200. The van der Waals surface area contributed by atoms with Gasteiger partial charge in [-0.15, -0.1) is 0 Å². The van der Waals surface area contributed by atoms with Gasteiger partial charge in [0, 0.05) is 0 Å². The predicted molar refractivity (Wildman–Crippen MR) is 179 cm³/mol. The first kappa shape index (κ1) is 24.8. The van der Waals surface area contributed by atoms with Crippen LogP contribution in [0.1, 0.15) is 45.1 Å². The van der Waals surface area contributed by atoms with Gasteiger partial charge in [-0.05, 0) is 83.2 Å². The number of fused-ring (bicyclic) bond motifs is 5. The molecule has 1 heterocycles. The molecule has 1 fully saturated rings. The van der Waals surface area contributed by atoms with Crippen molar-refractivity contribution in [3.05, 3.63) is 139 Å². The maximum absolute atomic E-state index is 2.67. The van der Waals surface area contributed by atoms with E-state index >= 15 is 0 Å². The lowest BCUT2D eigenvalue weighted by molar-refractivity contribution is 0.241. The van der Waals surface area contributed by atoms with E-state index in [0.717, 1.165) is 0 Å². The van der Waals surface area contributed by atoms with Crippen molar-refractivity contribution in [3.63, 3.8) is 0 Å². The summed E-state index contributed by atoms with van der Waals surface area (Å²) in [4.78, 5) is 0. The molecule has 1 aliphatic carbocycles. The lowest BCUT2D eigenvalue weighted by atomic mass is 9.64. The molecular formula is C40H36Si. The Morgan fingerprint density at radius 2 is 1.07 bits per heavy atom. The Bertz CT molecular complexity index is 1830. The Morgan fingerprint density at radius 1 is 0.537 bits per heavy atom. The second-order valence-electron chi connectivity index (χ2n) is 12.8. The summed E-state index contributed by atoms with van der Waals surface area (Å²) in [5, 5.41) is 10.2. The van der Waals surface area contributed by atoms with Gasteiger partial charge in [-0.3, -0.25) is 0 Å². The zero-order chi connectivity index (χ0) is 27.7. The molecule has 2 unspecified atom stereocenters. The van der Waals surface area contributed by atoms with E-state index in [0.29, 0.717) is 0 Å². The van der Waals surface area contributed by atoms with Gasteiger partial charge in [0.2, 0.25) is 0 Å². The molecule has 0 N–H and O–H groups in total. The van der Waals surface area contributed by atoms with E-state index in [1.807, 2.05) is 0 Å². The second-order valence-corrected chi connectivity index (χ2v) is 17.1. The van der Waals surface area contributed by atoms with Crippen LogP contribution in [0.25, 0.3) is 32.7 Å². The highest BCUT2D eigenvalue weighted by molar-refractivity contribution is 7.14. The maximum atomic E-state index is 2.67. The third-order valence-electron chi connectivity index (χ3n) is 11.1. The zero-order valence-electron chi connectivity index (χ0n) is 24.0. The van der Waals surface area contributed by atoms with Gasteiger partial charge in [-0.1, -0.05) is 154 Å². The summed E-state index contributed by atoms with van der Waals surface area (Å²) in [7, 11) is -2.40. The third kappa shape index (κ3) is 3.21. The Labute approximate surface area is 244 Å². The highest BCUT2D eigenvalue weighted by Gasteiger charge is 2.68. The molecule has 0 radical (unpaired) electrons. The minimum absolute atomic E-state index is 0.120. The average molecular weight is 545 g/mol. The summed E-state index contributed by atoms with van der Waals surface area (Å²) in [5.74, 6) is 0. The molecule has 1 aliphatic heterocycles. The topological polar surface area (TPSA) is 0 Å². The van der Waals surface area contributed by atoms with Gasteiger partial charge in [0.05, 0.1) is 0 Å². The largest absolute Gasteiger partial charge is 0.155 e. The monoisotopic (exact) mass is 544 g/mol. The number of benzene rings is 6. The van der Waals surface area contributed by atoms with Crippen LogP contribution in [-0.4, -0.2) is 8.07 Å².